The molecule has 3 heteroatoms. The van der Waals surface area contributed by atoms with Crippen molar-refractivity contribution >= 4 is 0 Å². The van der Waals surface area contributed by atoms with Crippen molar-refractivity contribution < 1.29 is 9.60 Å². The van der Waals surface area contributed by atoms with E-state index < -0.39 is 5.67 Å². The van der Waals surface area contributed by atoms with E-state index in [4.69, 9.17) is 5.21 Å². The number of hydrogen-bond donors (Lipinski definition) is 2. The Morgan fingerprint density at radius 2 is 2.15 bits per heavy atom. The summed E-state index contributed by atoms with van der Waals surface area (Å²) in [5.74, 6) is 0. The minimum Gasteiger partial charge on any atom is -0.316 e. The van der Waals surface area contributed by atoms with Gasteiger partial charge in [-0.25, -0.2) is 9.87 Å². The van der Waals surface area contributed by atoms with Crippen LogP contribution < -0.4 is 5.48 Å². The Morgan fingerprint density at radius 1 is 1.46 bits per heavy atom. The maximum Gasteiger partial charge on any atom is 0.130 e. The largest absolute Gasteiger partial charge is 0.316 e. The lowest BCUT2D eigenvalue weighted by molar-refractivity contribution is 0.161. The SMILES string of the molecule is CC(C)(F)c1cccc(CNO)c1. The van der Waals surface area contributed by atoms with Gasteiger partial charge in [0.15, 0.2) is 0 Å². The van der Waals surface area contributed by atoms with Crippen molar-refractivity contribution in [2.75, 3.05) is 0 Å². The van der Waals surface area contributed by atoms with Gasteiger partial charge in [-0.05, 0) is 25.0 Å². The maximum absolute atomic E-state index is 13.5. The molecular formula is C10H14FNO. The number of alkyl halides is 1. The summed E-state index contributed by atoms with van der Waals surface area (Å²) in [4.78, 5) is 0. The zero-order chi connectivity index (χ0) is 9.90. The molecule has 2 nitrogen and oxygen atoms in total. The van der Waals surface area contributed by atoms with Crippen LogP contribution in [-0.4, -0.2) is 5.21 Å². The van der Waals surface area contributed by atoms with Gasteiger partial charge >= 0.3 is 0 Å². The van der Waals surface area contributed by atoms with E-state index in [0.29, 0.717) is 12.1 Å². The number of halogens is 1. The highest BCUT2D eigenvalue weighted by Crippen LogP contribution is 2.24. The lowest BCUT2D eigenvalue weighted by Gasteiger charge is -2.15. The molecule has 0 aromatic heterocycles. The lowest BCUT2D eigenvalue weighted by atomic mass is 9.98. The van der Waals surface area contributed by atoms with Gasteiger partial charge in [-0.2, -0.15) is 0 Å². The van der Waals surface area contributed by atoms with E-state index in [2.05, 4.69) is 0 Å². The third-order valence-corrected chi connectivity index (χ3v) is 1.90. The van der Waals surface area contributed by atoms with Crippen LogP contribution in [0.1, 0.15) is 25.0 Å². The first-order chi connectivity index (χ1) is 6.04. The van der Waals surface area contributed by atoms with Gasteiger partial charge in [0, 0.05) is 6.54 Å². The zero-order valence-electron chi connectivity index (χ0n) is 7.84. The molecule has 1 aromatic carbocycles. The second-order valence-corrected chi connectivity index (χ2v) is 3.51. The first kappa shape index (κ1) is 10.2. The molecule has 0 heterocycles. The number of nitrogens with one attached hydrogen (secondary N) is 1. The second kappa shape index (κ2) is 3.85. The van der Waals surface area contributed by atoms with Crippen molar-refractivity contribution in [1.82, 2.24) is 5.48 Å². The van der Waals surface area contributed by atoms with E-state index in [1.807, 2.05) is 11.5 Å². The van der Waals surface area contributed by atoms with Gasteiger partial charge < -0.3 is 5.21 Å². The van der Waals surface area contributed by atoms with Gasteiger partial charge in [-0.15, -0.1) is 0 Å². The molecule has 13 heavy (non-hydrogen) atoms. The van der Waals surface area contributed by atoms with E-state index in [9.17, 15) is 4.39 Å². The van der Waals surface area contributed by atoms with Gasteiger partial charge in [0.2, 0.25) is 0 Å². The molecule has 0 radical (unpaired) electrons. The first-order valence-corrected chi connectivity index (χ1v) is 4.19. The van der Waals surface area contributed by atoms with Crippen LogP contribution in [0.2, 0.25) is 0 Å². The van der Waals surface area contributed by atoms with Crippen molar-refractivity contribution in [2.24, 2.45) is 0 Å². The molecule has 1 aromatic rings. The van der Waals surface area contributed by atoms with Crippen LogP contribution in [0.25, 0.3) is 0 Å². The topological polar surface area (TPSA) is 32.3 Å². The third-order valence-electron chi connectivity index (χ3n) is 1.90. The maximum atomic E-state index is 13.5. The molecule has 0 aliphatic rings. The fraction of sp³-hybridized carbons (Fsp3) is 0.400. The van der Waals surface area contributed by atoms with Gasteiger partial charge in [0.25, 0.3) is 0 Å². The van der Waals surface area contributed by atoms with Crippen LogP contribution in [0.5, 0.6) is 0 Å². The van der Waals surface area contributed by atoms with Crippen LogP contribution >= 0.6 is 0 Å². The number of hydroxylamine groups is 1. The average Bonchev–Trinajstić information content (AvgIpc) is 2.04. The molecule has 0 aliphatic heterocycles. The molecule has 2 N–H and O–H groups in total. The average molecular weight is 183 g/mol. The van der Waals surface area contributed by atoms with Gasteiger partial charge in [-0.3, -0.25) is 0 Å². The van der Waals surface area contributed by atoms with E-state index in [0.717, 1.165) is 5.56 Å². The predicted molar refractivity (Wildman–Crippen MR) is 49.2 cm³/mol. The van der Waals surface area contributed by atoms with Crippen molar-refractivity contribution in [3.05, 3.63) is 35.4 Å². The number of rotatable bonds is 3. The summed E-state index contributed by atoms with van der Waals surface area (Å²) in [5, 5.41) is 8.47. The molecule has 0 saturated heterocycles. The minimum atomic E-state index is -1.33. The summed E-state index contributed by atoms with van der Waals surface area (Å²) in [6, 6.07) is 7.09. The monoisotopic (exact) mass is 183 g/mol. The number of benzene rings is 1. The van der Waals surface area contributed by atoms with E-state index in [1.54, 1.807) is 18.2 Å². The van der Waals surface area contributed by atoms with Crippen LogP contribution in [0, 0.1) is 0 Å². The lowest BCUT2D eigenvalue weighted by Crippen LogP contribution is -2.11. The molecule has 1 rings (SSSR count). The normalized spacial score (nSPS) is 11.7. The third kappa shape index (κ3) is 2.79. The Bertz CT molecular complexity index is 280. The first-order valence-electron chi connectivity index (χ1n) is 4.19. The predicted octanol–water partition coefficient (Wildman–Crippen LogP) is 2.37. The molecule has 0 unspecified atom stereocenters. The summed E-state index contributed by atoms with van der Waals surface area (Å²) in [6.07, 6.45) is 0. The minimum absolute atomic E-state index is 0.337. The molecule has 0 atom stereocenters. The van der Waals surface area contributed by atoms with Crippen LogP contribution in [-0.2, 0) is 12.2 Å². The molecule has 0 amide bonds. The molecule has 0 spiro atoms. The fourth-order valence-corrected chi connectivity index (χ4v) is 1.14. The second-order valence-electron chi connectivity index (χ2n) is 3.51. The summed E-state index contributed by atoms with van der Waals surface area (Å²) in [7, 11) is 0. The molecule has 0 saturated carbocycles. The van der Waals surface area contributed by atoms with Crippen LogP contribution in [0.15, 0.2) is 24.3 Å². The Hall–Kier alpha value is -0.930. The van der Waals surface area contributed by atoms with Crippen molar-refractivity contribution in [1.29, 1.82) is 0 Å². The quantitative estimate of drug-likeness (QED) is 0.705. The Morgan fingerprint density at radius 3 is 2.69 bits per heavy atom. The number of hydrogen-bond acceptors (Lipinski definition) is 2. The summed E-state index contributed by atoms with van der Waals surface area (Å²) >= 11 is 0. The molecule has 0 aliphatic carbocycles. The molecule has 0 fully saturated rings. The Kier molecular flexibility index (Phi) is 3.01. The van der Waals surface area contributed by atoms with E-state index >= 15 is 0 Å². The molecular weight excluding hydrogens is 169 g/mol. The highest BCUT2D eigenvalue weighted by Gasteiger charge is 2.18. The highest BCUT2D eigenvalue weighted by molar-refractivity contribution is 5.27. The van der Waals surface area contributed by atoms with E-state index in [1.165, 1.54) is 13.8 Å². The van der Waals surface area contributed by atoms with Crippen molar-refractivity contribution in [3.8, 4) is 0 Å². The van der Waals surface area contributed by atoms with Crippen LogP contribution in [0.3, 0.4) is 0 Å². The smallest absolute Gasteiger partial charge is 0.130 e. The van der Waals surface area contributed by atoms with Crippen LogP contribution in [0.4, 0.5) is 4.39 Å². The van der Waals surface area contributed by atoms with Gasteiger partial charge in [0.05, 0.1) is 0 Å². The van der Waals surface area contributed by atoms with Crippen molar-refractivity contribution in [3.63, 3.8) is 0 Å². The zero-order valence-corrected chi connectivity index (χ0v) is 7.84. The summed E-state index contributed by atoms with van der Waals surface area (Å²) in [5.41, 5.74) is 2.20. The Balaban J connectivity index is 2.92. The fourth-order valence-electron chi connectivity index (χ4n) is 1.14. The molecule has 0 bridgehead atoms. The van der Waals surface area contributed by atoms with Crippen molar-refractivity contribution in [2.45, 2.75) is 26.1 Å². The summed E-state index contributed by atoms with van der Waals surface area (Å²) < 4.78 is 13.5. The molecule has 72 valence electrons. The Labute approximate surface area is 77.4 Å². The van der Waals surface area contributed by atoms with Gasteiger partial charge in [-0.1, -0.05) is 24.3 Å². The van der Waals surface area contributed by atoms with Gasteiger partial charge in [0.1, 0.15) is 5.67 Å². The summed E-state index contributed by atoms with van der Waals surface area (Å²) in [6.45, 7) is 3.36. The standard InChI is InChI=1S/C10H14FNO/c1-10(2,11)9-5-3-4-8(6-9)7-12-13/h3-6,12-13H,7H2,1-2H3. The highest BCUT2D eigenvalue weighted by atomic mass is 19.1. The van der Waals surface area contributed by atoms with E-state index in [-0.39, 0.29) is 0 Å².